The van der Waals surface area contributed by atoms with E-state index in [1.807, 2.05) is 28.8 Å². The Kier molecular flexibility index (Phi) is 6.04. The second kappa shape index (κ2) is 8.64. The predicted molar refractivity (Wildman–Crippen MR) is 101 cm³/mol. The number of thiazole rings is 1. The third-order valence-electron chi connectivity index (χ3n) is 3.75. The summed E-state index contributed by atoms with van der Waals surface area (Å²) in [5.41, 5.74) is 1.04. The average molecular weight is 372 g/mol. The maximum absolute atomic E-state index is 12.3. The van der Waals surface area contributed by atoms with Crippen LogP contribution in [0.1, 0.15) is 0 Å². The summed E-state index contributed by atoms with van der Waals surface area (Å²) in [4.78, 5) is 17.1. The number of methoxy groups -OCH3 is 2. The van der Waals surface area contributed by atoms with Crippen molar-refractivity contribution in [1.82, 2.24) is 4.57 Å². The number of carbonyl (C=O) groups excluding carboxylic acids is 1. The Balaban J connectivity index is 1.78. The van der Waals surface area contributed by atoms with Crippen LogP contribution in [0.2, 0.25) is 0 Å². The summed E-state index contributed by atoms with van der Waals surface area (Å²) >= 11 is 1.48. The van der Waals surface area contributed by atoms with E-state index in [1.54, 1.807) is 38.5 Å². The molecular weight excluding hydrogens is 352 g/mol. The summed E-state index contributed by atoms with van der Waals surface area (Å²) < 4.78 is 18.8. The van der Waals surface area contributed by atoms with Crippen molar-refractivity contribution in [1.29, 1.82) is 0 Å². The van der Waals surface area contributed by atoms with Crippen molar-refractivity contribution in [3.8, 4) is 11.5 Å². The molecule has 7 heteroatoms. The van der Waals surface area contributed by atoms with Crippen LogP contribution in [-0.4, -0.2) is 37.9 Å². The number of nitrogens with zero attached hydrogens (tertiary/aromatic N) is 2. The first-order valence-corrected chi connectivity index (χ1v) is 8.94. The number of benzene rings is 2. The van der Waals surface area contributed by atoms with Crippen molar-refractivity contribution in [3.63, 3.8) is 0 Å². The molecule has 0 aliphatic heterocycles. The number of rotatable bonds is 7. The van der Waals surface area contributed by atoms with Gasteiger partial charge in [-0.05, 0) is 36.4 Å². The van der Waals surface area contributed by atoms with Crippen LogP contribution >= 0.6 is 11.3 Å². The maximum atomic E-state index is 12.3. The van der Waals surface area contributed by atoms with E-state index < -0.39 is 0 Å². The van der Waals surface area contributed by atoms with Gasteiger partial charge in [-0.3, -0.25) is 4.79 Å². The van der Waals surface area contributed by atoms with Crippen LogP contribution < -0.4 is 14.3 Å². The highest BCUT2D eigenvalue weighted by Gasteiger charge is 2.08. The SMILES string of the molecule is COCCn1c(=NC(=O)COc2ccc(OC)cc2)sc2ccccc21. The molecule has 0 fully saturated rings. The summed E-state index contributed by atoms with van der Waals surface area (Å²) in [6.45, 7) is 1.06. The molecule has 0 atom stereocenters. The number of amides is 1. The fourth-order valence-corrected chi connectivity index (χ4v) is 3.53. The number of ether oxygens (including phenoxy) is 3. The number of para-hydroxylation sites is 1. The third-order valence-corrected chi connectivity index (χ3v) is 4.81. The third kappa shape index (κ3) is 4.30. The smallest absolute Gasteiger partial charge is 0.286 e. The zero-order valence-corrected chi connectivity index (χ0v) is 15.5. The molecule has 0 bridgehead atoms. The molecule has 3 rings (SSSR count). The molecule has 0 aliphatic rings. The van der Waals surface area contributed by atoms with Gasteiger partial charge in [0.25, 0.3) is 5.91 Å². The Morgan fingerprint density at radius 3 is 2.54 bits per heavy atom. The van der Waals surface area contributed by atoms with Gasteiger partial charge in [-0.15, -0.1) is 0 Å². The molecule has 1 aromatic heterocycles. The summed E-state index contributed by atoms with van der Waals surface area (Å²) in [5.74, 6) is 0.995. The van der Waals surface area contributed by atoms with Crippen molar-refractivity contribution in [2.24, 2.45) is 4.99 Å². The molecule has 0 spiro atoms. The van der Waals surface area contributed by atoms with Gasteiger partial charge in [0.05, 0.1) is 23.9 Å². The van der Waals surface area contributed by atoms with Crippen LogP contribution in [0.4, 0.5) is 0 Å². The van der Waals surface area contributed by atoms with Gasteiger partial charge in [-0.1, -0.05) is 23.5 Å². The van der Waals surface area contributed by atoms with E-state index in [0.29, 0.717) is 23.7 Å². The second-order valence-electron chi connectivity index (χ2n) is 5.47. The second-order valence-corrected chi connectivity index (χ2v) is 6.48. The minimum atomic E-state index is -0.335. The summed E-state index contributed by atoms with van der Waals surface area (Å²) in [5, 5.41) is 0. The van der Waals surface area contributed by atoms with Gasteiger partial charge in [-0.25, -0.2) is 0 Å². The van der Waals surface area contributed by atoms with Crippen LogP contribution in [0, 0.1) is 0 Å². The van der Waals surface area contributed by atoms with Crippen molar-refractivity contribution < 1.29 is 19.0 Å². The first kappa shape index (κ1) is 18.2. The molecule has 1 amide bonds. The summed E-state index contributed by atoms with van der Waals surface area (Å²) in [6, 6.07) is 15.0. The molecule has 6 nitrogen and oxygen atoms in total. The molecule has 0 N–H and O–H groups in total. The number of hydrogen-bond acceptors (Lipinski definition) is 5. The topological polar surface area (TPSA) is 62.1 Å². The van der Waals surface area contributed by atoms with Crippen molar-refractivity contribution in [3.05, 3.63) is 53.3 Å². The normalized spacial score (nSPS) is 11.7. The minimum absolute atomic E-state index is 0.120. The Morgan fingerprint density at radius 1 is 1.08 bits per heavy atom. The predicted octanol–water partition coefficient (Wildman–Crippen LogP) is 2.86. The van der Waals surface area contributed by atoms with Crippen molar-refractivity contribution in [2.45, 2.75) is 6.54 Å². The van der Waals surface area contributed by atoms with Gasteiger partial charge >= 0.3 is 0 Å². The van der Waals surface area contributed by atoms with Gasteiger partial charge in [0, 0.05) is 13.7 Å². The van der Waals surface area contributed by atoms with E-state index in [2.05, 4.69) is 4.99 Å². The van der Waals surface area contributed by atoms with Gasteiger partial charge in [0.1, 0.15) is 11.5 Å². The lowest BCUT2D eigenvalue weighted by Gasteiger charge is -2.05. The molecule has 0 saturated carbocycles. The number of fused-ring (bicyclic) bond motifs is 1. The lowest BCUT2D eigenvalue weighted by atomic mass is 10.3. The van der Waals surface area contributed by atoms with Crippen LogP contribution in [0.25, 0.3) is 10.2 Å². The Bertz CT molecular complexity index is 944. The van der Waals surface area contributed by atoms with Crippen LogP contribution in [0.3, 0.4) is 0 Å². The standard InChI is InChI=1S/C19H20N2O4S/c1-23-12-11-21-16-5-3-4-6-17(16)26-19(21)20-18(22)13-25-15-9-7-14(24-2)8-10-15/h3-10H,11-13H2,1-2H3. The average Bonchev–Trinajstić information content (AvgIpc) is 3.02. The first-order valence-electron chi connectivity index (χ1n) is 8.13. The maximum Gasteiger partial charge on any atom is 0.286 e. The van der Waals surface area contributed by atoms with Crippen LogP contribution in [-0.2, 0) is 16.1 Å². The quantitative estimate of drug-likeness (QED) is 0.640. The van der Waals surface area contributed by atoms with Gasteiger partial charge < -0.3 is 18.8 Å². The van der Waals surface area contributed by atoms with E-state index in [1.165, 1.54) is 11.3 Å². The first-order chi connectivity index (χ1) is 12.7. The minimum Gasteiger partial charge on any atom is -0.497 e. The van der Waals surface area contributed by atoms with Crippen molar-refractivity contribution >= 4 is 27.5 Å². The Labute approximate surface area is 155 Å². The van der Waals surface area contributed by atoms with Gasteiger partial charge in [0.2, 0.25) is 0 Å². The molecule has 3 aromatic rings. The fourth-order valence-electron chi connectivity index (χ4n) is 2.46. The Hall–Kier alpha value is -2.64. The van der Waals surface area contributed by atoms with Gasteiger partial charge in [0.15, 0.2) is 11.4 Å². The van der Waals surface area contributed by atoms with Crippen LogP contribution in [0.5, 0.6) is 11.5 Å². The summed E-state index contributed by atoms with van der Waals surface area (Å²) in [7, 11) is 3.25. The zero-order chi connectivity index (χ0) is 18.4. The van der Waals surface area contributed by atoms with E-state index >= 15 is 0 Å². The highest BCUT2D eigenvalue weighted by molar-refractivity contribution is 7.16. The lowest BCUT2D eigenvalue weighted by molar-refractivity contribution is -0.120. The molecule has 0 aliphatic carbocycles. The van der Waals surface area contributed by atoms with Crippen LogP contribution in [0.15, 0.2) is 53.5 Å². The highest BCUT2D eigenvalue weighted by Crippen LogP contribution is 2.18. The van der Waals surface area contributed by atoms with E-state index in [0.717, 1.165) is 16.0 Å². The molecule has 136 valence electrons. The fraction of sp³-hybridized carbons (Fsp3) is 0.263. The van der Waals surface area contributed by atoms with E-state index in [-0.39, 0.29) is 12.5 Å². The Morgan fingerprint density at radius 2 is 1.81 bits per heavy atom. The van der Waals surface area contributed by atoms with Crippen molar-refractivity contribution in [2.75, 3.05) is 27.4 Å². The highest BCUT2D eigenvalue weighted by atomic mass is 32.1. The zero-order valence-electron chi connectivity index (χ0n) is 14.7. The molecule has 0 saturated heterocycles. The van der Waals surface area contributed by atoms with E-state index in [9.17, 15) is 4.79 Å². The number of carbonyl (C=O) groups is 1. The summed E-state index contributed by atoms with van der Waals surface area (Å²) in [6.07, 6.45) is 0. The molecule has 2 aromatic carbocycles. The molecular formula is C19H20N2O4S. The number of hydrogen-bond donors (Lipinski definition) is 0. The molecule has 26 heavy (non-hydrogen) atoms. The molecule has 0 radical (unpaired) electrons. The number of aromatic nitrogens is 1. The monoisotopic (exact) mass is 372 g/mol. The largest absolute Gasteiger partial charge is 0.497 e. The molecule has 1 heterocycles. The molecule has 0 unspecified atom stereocenters. The van der Waals surface area contributed by atoms with E-state index in [4.69, 9.17) is 14.2 Å². The van der Waals surface area contributed by atoms with Gasteiger partial charge in [-0.2, -0.15) is 4.99 Å². The lowest BCUT2D eigenvalue weighted by Crippen LogP contribution is -2.21.